The lowest BCUT2D eigenvalue weighted by molar-refractivity contribution is 0.122. The Balaban J connectivity index is 2.36. The number of morpholine rings is 1. The van der Waals surface area contributed by atoms with Crippen molar-refractivity contribution in [3.63, 3.8) is 0 Å². The van der Waals surface area contributed by atoms with Crippen LogP contribution in [0.1, 0.15) is 11.1 Å². The van der Waals surface area contributed by atoms with Crippen LogP contribution in [0, 0.1) is 13.8 Å². The van der Waals surface area contributed by atoms with Crippen LogP contribution in [0.25, 0.3) is 0 Å². The second-order valence-corrected chi connectivity index (χ2v) is 3.90. The van der Waals surface area contributed by atoms with Crippen LogP contribution in [0.2, 0.25) is 0 Å². The molecule has 15 heavy (non-hydrogen) atoms. The molecule has 1 aromatic rings. The Labute approximate surface area is 90.0 Å². The van der Waals surface area contributed by atoms with Gasteiger partial charge in [0.1, 0.15) is 5.82 Å². The molecule has 1 saturated heterocycles. The predicted octanol–water partition coefficient (Wildman–Crippen LogP) is 1.12. The maximum atomic E-state index is 5.93. The van der Waals surface area contributed by atoms with Gasteiger partial charge in [0.2, 0.25) is 0 Å². The number of pyridine rings is 1. The van der Waals surface area contributed by atoms with Gasteiger partial charge in [-0.15, -0.1) is 0 Å². The summed E-state index contributed by atoms with van der Waals surface area (Å²) in [6.07, 6.45) is 1.83. The highest BCUT2D eigenvalue weighted by Gasteiger charge is 2.17. The van der Waals surface area contributed by atoms with E-state index in [1.807, 2.05) is 6.20 Å². The van der Waals surface area contributed by atoms with E-state index in [4.69, 9.17) is 10.5 Å². The van der Waals surface area contributed by atoms with Gasteiger partial charge in [0.05, 0.1) is 18.9 Å². The van der Waals surface area contributed by atoms with Crippen LogP contribution in [0.5, 0.6) is 0 Å². The van der Waals surface area contributed by atoms with Crippen molar-refractivity contribution >= 4 is 11.5 Å². The van der Waals surface area contributed by atoms with E-state index < -0.39 is 0 Å². The fourth-order valence-electron chi connectivity index (χ4n) is 1.89. The highest BCUT2D eigenvalue weighted by atomic mass is 16.5. The van der Waals surface area contributed by atoms with Crippen molar-refractivity contribution in [1.29, 1.82) is 0 Å². The summed E-state index contributed by atoms with van der Waals surface area (Å²) in [5.74, 6) is 0.625. The second-order valence-electron chi connectivity index (χ2n) is 3.90. The van der Waals surface area contributed by atoms with E-state index in [0.29, 0.717) is 5.82 Å². The first kappa shape index (κ1) is 10.2. The second kappa shape index (κ2) is 4.06. The number of aromatic nitrogens is 1. The van der Waals surface area contributed by atoms with Gasteiger partial charge < -0.3 is 15.4 Å². The molecule has 0 radical (unpaired) electrons. The van der Waals surface area contributed by atoms with Crippen molar-refractivity contribution in [3.8, 4) is 0 Å². The van der Waals surface area contributed by atoms with Gasteiger partial charge in [-0.1, -0.05) is 0 Å². The lowest BCUT2D eigenvalue weighted by Crippen LogP contribution is -2.37. The Morgan fingerprint density at radius 2 is 2.00 bits per heavy atom. The molecule has 2 heterocycles. The molecule has 1 aliphatic rings. The van der Waals surface area contributed by atoms with Crippen molar-refractivity contribution < 1.29 is 4.74 Å². The summed E-state index contributed by atoms with van der Waals surface area (Å²) in [7, 11) is 0. The van der Waals surface area contributed by atoms with Gasteiger partial charge in [-0.05, 0) is 25.0 Å². The maximum Gasteiger partial charge on any atom is 0.147 e. The van der Waals surface area contributed by atoms with Gasteiger partial charge in [-0.3, -0.25) is 0 Å². The van der Waals surface area contributed by atoms with Crippen LogP contribution in [0.4, 0.5) is 11.5 Å². The van der Waals surface area contributed by atoms with Crippen LogP contribution < -0.4 is 10.6 Å². The van der Waals surface area contributed by atoms with Crippen LogP contribution >= 0.6 is 0 Å². The largest absolute Gasteiger partial charge is 0.382 e. The molecule has 2 N–H and O–H groups in total. The summed E-state index contributed by atoms with van der Waals surface area (Å²) in [5, 5.41) is 0. The summed E-state index contributed by atoms with van der Waals surface area (Å²) in [5.41, 5.74) is 9.42. The average Bonchev–Trinajstić information content (AvgIpc) is 2.26. The minimum Gasteiger partial charge on any atom is -0.382 e. The number of ether oxygens (including phenoxy) is 1. The lowest BCUT2D eigenvalue weighted by Gasteiger charge is -2.31. The number of anilines is 2. The van der Waals surface area contributed by atoms with E-state index in [0.717, 1.165) is 32.0 Å². The summed E-state index contributed by atoms with van der Waals surface area (Å²) in [4.78, 5) is 6.47. The van der Waals surface area contributed by atoms with E-state index in [-0.39, 0.29) is 0 Å². The molecule has 1 fully saturated rings. The number of rotatable bonds is 1. The van der Waals surface area contributed by atoms with Gasteiger partial charge in [-0.2, -0.15) is 0 Å². The molecule has 4 nitrogen and oxygen atoms in total. The number of hydrogen-bond donors (Lipinski definition) is 1. The fraction of sp³-hybridized carbons (Fsp3) is 0.545. The minimum atomic E-state index is 0.625. The SMILES string of the molecule is Cc1cnc(N)c(N2CCOCC2)c1C. The molecule has 0 atom stereocenters. The van der Waals surface area contributed by atoms with E-state index in [2.05, 4.69) is 23.7 Å². The van der Waals surface area contributed by atoms with Gasteiger partial charge in [0, 0.05) is 19.3 Å². The Morgan fingerprint density at radius 3 is 2.67 bits per heavy atom. The molecule has 4 heteroatoms. The molecule has 0 saturated carbocycles. The van der Waals surface area contributed by atoms with E-state index in [9.17, 15) is 0 Å². The maximum absolute atomic E-state index is 5.93. The van der Waals surface area contributed by atoms with Crippen LogP contribution in [0.3, 0.4) is 0 Å². The topological polar surface area (TPSA) is 51.4 Å². The molecule has 1 aromatic heterocycles. The molecule has 82 valence electrons. The highest BCUT2D eigenvalue weighted by molar-refractivity contribution is 5.69. The van der Waals surface area contributed by atoms with Gasteiger partial charge in [-0.25, -0.2) is 4.98 Å². The Kier molecular flexibility index (Phi) is 2.77. The van der Waals surface area contributed by atoms with Gasteiger partial charge in [0.15, 0.2) is 0 Å². The third-order valence-corrected chi connectivity index (χ3v) is 2.91. The van der Waals surface area contributed by atoms with Crippen LogP contribution in [0.15, 0.2) is 6.20 Å². The third-order valence-electron chi connectivity index (χ3n) is 2.91. The van der Waals surface area contributed by atoms with Crippen molar-refractivity contribution in [2.75, 3.05) is 36.9 Å². The molecule has 0 spiro atoms. The molecular formula is C11H17N3O. The normalized spacial score (nSPS) is 16.8. The van der Waals surface area contributed by atoms with Crippen molar-refractivity contribution in [2.24, 2.45) is 0 Å². The van der Waals surface area contributed by atoms with Gasteiger partial charge in [0.25, 0.3) is 0 Å². The average molecular weight is 207 g/mol. The zero-order valence-electron chi connectivity index (χ0n) is 9.29. The zero-order valence-corrected chi connectivity index (χ0v) is 9.29. The number of aryl methyl sites for hydroxylation is 1. The summed E-state index contributed by atoms with van der Waals surface area (Å²) in [6.45, 7) is 7.50. The minimum absolute atomic E-state index is 0.625. The monoisotopic (exact) mass is 207 g/mol. The first-order valence-corrected chi connectivity index (χ1v) is 5.24. The standard InChI is InChI=1S/C11H17N3O/c1-8-7-13-11(12)10(9(8)2)14-3-5-15-6-4-14/h7H,3-6H2,1-2H3,(H2,12,13). The number of nitrogen functional groups attached to an aromatic ring is 1. The molecule has 0 aliphatic carbocycles. The number of hydrogen-bond acceptors (Lipinski definition) is 4. The Morgan fingerprint density at radius 1 is 1.33 bits per heavy atom. The third kappa shape index (κ3) is 1.90. The fourth-order valence-corrected chi connectivity index (χ4v) is 1.89. The Hall–Kier alpha value is -1.29. The van der Waals surface area contributed by atoms with Crippen molar-refractivity contribution in [3.05, 3.63) is 17.3 Å². The molecule has 2 rings (SSSR count). The first-order chi connectivity index (χ1) is 7.20. The zero-order chi connectivity index (χ0) is 10.8. The van der Waals surface area contributed by atoms with Crippen LogP contribution in [-0.4, -0.2) is 31.3 Å². The molecule has 1 aliphatic heterocycles. The lowest BCUT2D eigenvalue weighted by atomic mass is 10.1. The molecule has 0 aromatic carbocycles. The molecular weight excluding hydrogens is 190 g/mol. The summed E-state index contributed by atoms with van der Waals surface area (Å²) < 4.78 is 5.33. The number of nitrogens with two attached hydrogens (primary N) is 1. The molecule has 0 amide bonds. The summed E-state index contributed by atoms with van der Waals surface area (Å²) >= 11 is 0. The van der Waals surface area contributed by atoms with E-state index >= 15 is 0 Å². The smallest absolute Gasteiger partial charge is 0.147 e. The quantitative estimate of drug-likeness (QED) is 0.749. The molecule has 0 unspecified atom stereocenters. The van der Waals surface area contributed by atoms with E-state index in [1.165, 1.54) is 11.1 Å². The first-order valence-electron chi connectivity index (χ1n) is 5.24. The molecule has 0 bridgehead atoms. The van der Waals surface area contributed by atoms with E-state index in [1.54, 1.807) is 0 Å². The predicted molar refractivity (Wildman–Crippen MR) is 61.2 cm³/mol. The Bertz CT molecular complexity index is 359. The van der Waals surface area contributed by atoms with Crippen molar-refractivity contribution in [2.45, 2.75) is 13.8 Å². The summed E-state index contributed by atoms with van der Waals surface area (Å²) in [6, 6.07) is 0. The number of nitrogens with zero attached hydrogens (tertiary/aromatic N) is 2. The van der Waals surface area contributed by atoms with Crippen molar-refractivity contribution in [1.82, 2.24) is 4.98 Å². The van der Waals surface area contributed by atoms with Gasteiger partial charge >= 0.3 is 0 Å². The van der Waals surface area contributed by atoms with Crippen LogP contribution in [-0.2, 0) is 4.74 Å². The highest BCUT2D eigenvalue weighted by Crippen LogP contribution is 2.28.